The molecule has 2 aromatic carbocycles. The van der Waals surface area contributed by atoms with Gasteiger partial charge in [-0.2, -0.15) is 0 Å². The molecule has 1 heterocycles. The average Bonchev–Trinajstić information content (AvgIpc) is 2.84. The van der Waals surface area contributed by atoms with Crippen molar-refractivity contribution in [1.82, 2.24) is 9.62 Å². The van der Waals surface area contributed by atoms with Gasteiger partial charge in [0.15, 0.2) is 0 Å². The predicted octanol–water partition coefficient (Wildman–Crippen LogP) is 5.68. The third-order valence-corrected chi connectivity index (χ3v) is 9.54. The maximum atomic E-state index is 13.2. The minimum absolute atomic E-state index is 0.0667. The Morgan fingerprint density at radius 2 is 1.82 bits per heavy atom. The minimum atomic E-state index is -3.58. The van der Waals surface area contributed by atoms with Crippen molar-refractivity contribution in [2.75, 3.05) is 13.1 Å². The van der Waals surface area contributed by atoms with Crippen LogP contribution in [0.1, 0.15) is 67.3 Å². The number of fused-ring (bicyclic) bond motifs is 1. The van der Waals surface area contributed by atoms with Gasteiger partial charge in [0, 0.05) is 13.1 Å². The summed E-state index contributed by atoms with van der Waals surface area (Å²) in [6.45, 7) is 2.70. The van der Waals surface area contributed by atoms with Crippen molar-refractivity contribution < 1.29 is 13.2 Å². The van der Waals surface area contributed by atoms with Crippen molar-refractivity contribution in [2.24, 2.45) is 5.92 Å². The Hall–Kier alpha value is -1.60. The van der Waals surface area contributed by atoms with Crippen LogP contribution in [0.4, 0.5) is 0 Å². The molecule has 1 aliphatic heterocycles. The average molecular weight is 524 g/mol. The first kappa shape index (κ1) is 25.5. The molecule has 0 unspecified atom stereocenters. The smallest absolute Gasteiger partial charge is 0.224 e. The van der Waals surface area contributed by atoms with E-state index in [9.17, 15) is 13.2 Å². The second-order valence-corrected chi connectivity index (χ2v) is 12.2. The Bertz CT molecular complexity index is 1150. The van der Waals surface area contributed by atoms with Crippen LogP contribution in [0, 0.1) is 5.92 Å². The van der Waals surface area contributed by atoms with Crippen LogP contribution < -0.4 is 5.32 Å². The van der Waals surface area contributed by atoms with Gasteiger partial charge in [-0.25, -0.2) is 12.7 Å². The fourth-order valence-corrected chi connectivity index (χ4v) is 6.94. The lowest BCUT2D eigenvalue weighted by Crippen LogP contribution is -2.46. The molecule has 1 N–H and O–H groups in total. The van der Waals surface area contributed by atoms with Gasteiger partial charge in [-0.05, 0) is 79.3 Å². The molecule has 184 valence electrons. The van der Waals surface area contributed by atoms with Gasteiger partial charge < -0.3 is 5.32 Å². The number of carbonyl (C=O) groups excluding carboxylic acids is 1. The van der Waals surface area contributed by atoms with Gasteiger partial charge in [0.1, 0.15) is 0 Å². The van der Waals surface area contributed by atoms with Crippen LogP contribution in [0.25, 0.3) is 0 Å². The molecule has 1 fully saturated rings. The summed E-state index contributed by atoms with van der Waals surface area (Å²) in [4.78, 5) is 13.2. The van der Waals surface area contributed by atoms with E-state index in [1.165, 1.54) is 28.3 Å². The predicted molar refractivity (Wildman–Crippen MR) is 138 cm³/mol. The molecule has 0 spiro atoms. The summed E-state index contributed by atoms with van der Waals surface area (Å²) in [5.41, 5.74) is 4.54. The number of carbonyl (C=O) groups is 1. The highest BCUT2D eigenvalue weighted by Crippen LogP contribution is 2.28. The highest BCUT2D eigenvalue weighted by molar-refractivity contribution is 7.88. The summed E-state index contributed by atoms with van der Waals surface area (Å²) in [6, 6.07) is 11.4. The van der Waals surface area contributed by atoms with Gasteiger partial charge in [0.05, 0.1) is 27.8 Å². The maximum Gasteiger partial charge on any atom is 0.224 e. The molecule has 2 aliphatic rings. The zero-order valence-electron chi connectivity index (χ0n) is 19.5. The van der Waals surface area contributed by atoms with E-state index in [4.69, 9.17) is 23.2 Å². The van der Waals surface area contributed by atoms with Crippen LogP contribution in [0.15, 0.2) is 36.4 Å². The second kappa shape index (κ2) is 11.0. The van der Waals surface area contributed by atoms with Crippen molar-refractivity contribution in [2.45, 2.75) is 63.7 Å². The first-order valence-electron chi connectivity index (χ1n) is 12.1. The fraction of sp³-hybridized carbons (Fsp3) is 0.500. The highest BCUT2D eigenvalue weighted by Gasteiger charge is 2.33. The monoisotopic (exact) mass is 522 g/mol. The lowest BCUT2D eigenvalue weighted by molar-refractivity contribution is -0.126. The Balaban J connectivity index is 1.41. The molecule has 0 bridgehead atoms. The molecule has 4 rings (SSSR count). The van der Waals surface area contributed by atoms with Gasteiger partial charge in [-0.3, -0.25) is 4.79 Å². The minimum Gasteiger partial charge on any atom is -0.349 e. The molecule has 0 saturated carbocycles. The molecular formula is C26H32Cl2N2O3S. The number of halogens is 2. The van der Waals surface area contributed by atoms with E-state index in [-0.39, 0.29) is 30.2 Å². The van der Waals surface area contributed by atoms with E-state index in [0.717, 1.165) is 24.8 Å². The standard InChI is InChI=1S/C26H32Cl2N2O3S/c1-2-25(21-11-10-19-6-3-4-7-20(19)15-21)29-26(31)22-8-5-13-30(16-22)34(32,33)17-18-9-12-23(27)24(28)14-18/h9-12,14-15,22,25H,2-8,13,16-17H2,1H3,(H,29,31)/t22-,25-/m0/s1. The fourth-order valence-electron chi connectivity index (χ4n) is 5.02. The highest BCUT2D eigenvalue weighted by atomic mass is 35.5. The van der Waals surface area contributed by atoms with Crippen molar-refractivity contribution in [3.05, 3.63) is 68.7 Å². The van der Waals surface area contributed by atoms with Gasteiger partial charge >= 0.3 is 0 Å². The number of aryl methyl sites for hydroxylation is 2. The molecular weight excluding hydrogens is 491 g/mol. The Labute approximate surface area is 212 Å². The SMILES string of the molecule is CC[C@H](NC(=O)[C@H]1CCCN(S(=O)(=O)Cc2ccc(Cl)c(Cl)c2)C1)c1ccc2c(c1)CCCC2. The summed E-state index contributed by atoms with van der Waals surface area (Å²) < 4.78 is 27.6. The number of rotatable bonds is 7. The molecule has 1 aliphatic carbocycles. The first-order chi connectivity index (χ1) is 16.3. The van der Waals surface area contributed by atoms with E-state index in [0.29, 0.717) is 35.0 Å². The molecule has 1 amide bonds. The number of amides is 1. The maximum absolute atomic E-state index is 13.2. The van der Waals surface area contributed by atoms with Crippen LogP contribution in [0.5, 0.6) is 0 Å². The summed E-state index contributed by atoms with van der Waals surface area (Å²) in [5, 5.41) is 3.92. The van der Waals surface area contributed by atoms with Crippen LogP contribution in [0.3, 0.4) is 0 Å². The van der Waals surface area contributed by atoms with Crippen LogP contribution in [-0.2, 0) is 33.4 Å². The van der Waals surface area contributed by atoms with Crippen LogP contribution in [-0.4, -0.2) is 31.7 Å². The van der Waals surface area contributed by atoms with Gasteiger partial charge in [-0.1, -0.05) is 54.4 Å². The molecule has 8 heteroatoms. The molecule has 0 aromatic heterocycles. The van der Waals surface area contributed by atoms with Crippen molar-refractivity contribution >= 4 is 39.1 Å². The van der Waals surface area contributed by atoms with Crippen molar-refractivity contribution in [1.29, 1.82) is 0 Å². The first-order valence-corrected chi connectivity index (χ1v) is 14.5. The van der Waals surface area contributed by atoms with E-state index in [2.05, 4.69) is 30.4 Å². The quantitative estimate of drug-likeness (QED) is 0.508. The molecule has 0 radical (unpaired) electrons. The van der Waals surface area contributed by atoms with Gasteiger partial charge in [0.2, 0.25) is 15.9 Å². The largest absolute Gasteiger partial charge is 0.349 e. The molecule has 2 atom stereocenters. The number of nitrogens with zero attached hydrogens (tertiary/aromatic N) is 1. The van der Waals surface area contributed by atoms with Crippen LogP contribution >= 0.6 is 23.2 Å². The number of benzene rings is 2. The van der Waals surface area contributed by atoms with Gasteiger partial charge in [0.25, 0.3) is 0 Å². The summed E-state index contributed by atoms with van der Waals surface area (Å²) in [5.74, 6) is -0.590. The normalized spacial score (nSPS) is 19.9. The van der Waals surface area contributed by atoms with Crippen molar-refractivity contribution in [3.63, 3.8) is 0 Å². The zero-order chi connectivity index (χ0) is 24.3. The third kappa shape index (κ3) is 5.96. The molecule has 34 heavy (non-hydrogen) atoms. The molecule has 2 aromatic rings. The van der Waals surface area contributed by atoms with E-state index < -0.39 is 10.0 Å². The van der Waals surface area contributed by atoms with E-state index >= 15 is 0 Å². The summed E-state index contributed by atoms with van der Waals surface area (Å²) in [6.07, 6.45) is 6.83. The number of nitrogens with one attached hydrogen (secondary N) is 1. The Morgan fingerprint density at radius 3 is 2.56 bits per heavy atom. The molecule has 5 nitrogen and oxygen atoms in total. The topological polar surface area (TPSA) is 66.5 Å². The third-order valence-electron chi connectivity index (χ3n) is 6.98. The zero-order valence-corrected chi connectivity index (χ0v) is 21.9. The Kier molecular flexibility index (Phi) is 8.24. The summed E-state index contributed by atoms with van der Waals surface area (Å²) in [7, 11) is -3.58. The lowest BCUT2D eigenvalue weighted by atomic mass is 9.88. The van der Waals surface area contributed by atoms with Gasteiger partial charge in [-0.15, -0.1) is 0 Å². The van der Waals surface area contributed by atoms with Crippen molar-refractivity contribution in [3.8, 4) is 0 Å². The second-order valence-electron chi connectivity index (χ2n) is 9.41. The van der Waals surface area contributed by atoms with Crippen LogP contribution in [0.2, 0.25) is 10.0 Å². The van der Waals surface area contributed by atoms with E-state index in [1.54, 1.807) is 18.2 Å². The number of piperidine rings is 1. The van der Waals surface area contributed by atoms with E-state index in [1.807, 2.05) is 0 Å². The lowest BCUT2D eigenvalue weighted by Gasteiger charge is -2.32. The number of hydrogen-bond acceptors (Lipinski definition) is 3. The summed E-state index contributed by atoms with van der Waals surface area (Å²) >= 11 is 12.0. The Morgan fingerprint density at radius 1 is 1.06 bits per heavy atom. The number of sulfonamides is 1. The molecule has 1 saturated heterocycles. The number of hydrogen-bond donors (Lipinski definition) is 1.